The number of carbonyl (C=O) groups is 1. The van der Waals surface area contributed by atoms with E-state index in [4.69, 9.17) is 31.2 Å². The Morgan fingerprint density at radius 1 is 1.10 bits per heavy atom. The summed E-state index contributed by atoms with van der Waals surface area (Å²) >= 11 is 7.63. The molecule has 1 amide bonds. The second kappa shape index (κ2) is 13.4. The highest BCUT2D eigenvalue weighted by Gasteiger charge is 2.35. The van der Waals surface area contributed by atoms with Crippen molar-refractivity contribution < 1.29 is 14.3 Å². The zero-order chi connectivity index (χ0) is 29.6. The molecule has 218 valence electrons. The summed E-state index contributed by atoms with van der Waals surface area (Å²) in [4.78, 5) is 18.6. The third-order valence-corrected chi connectivity index (χ3v) is 8.07. The summed E-state index contributed by atoms with van der Waals surface area (Å²) in [7, 11) is 1.60. The van der Waals surface area contributed by atoms with Gasteiger partial charge >= 0.3 is 0 Å². The number of carbonyl (C=O) groups excluding carboxylic acids is 1. The standard InChI is InChI=1S/C32H34ClN5O3S/c1-5-6-16-42-32-36-31-34-21(3)28(30(39)35-25-9-7-8-20(2)17-25)29(38(31)37-32)23-12-15-26(27(18-23)40-4)41-19-22-10-13-24(33)14-11-22/h7-15,17-18,29H,5-6,16,19H2,1-4H3,(H,35,39)(H,34,36,37). The average molecular weight is 604 g/mol. The third kappa shape index (κ3) is 6.74. The van der Waals surface area contributed by atoms with Gasteiger partial charge in [-0.2, -0.15) is 4.98 Å². The van der Waals surface area contributed by atoms with Gasteiger partial charge < -0.3 is 20.1 Å². The predicted molar refractivity (Wildman–Crippen MR) is 169 cm³/mol. The van der Waals surface area contributed by atoms with Crippen molar-refractivity contribution in [3.05, 3.63) is 99.7 Å². The van der Waals surface area contributed by atoms with Gasteiger partial charge in [0.25, 0.3) is 5.91 Å². The Bertz CT molecular complexity index is 1600. The topological polar surface area (TPSA) is 90.3 Å². The number of amides is 1. The number of rotatable bonds is 11. The highest BCUT2D eigenvalue weighted by Crippen LogP contribution is 2.40. The normalized spacial score (nSPS) is 14.3. The van der Waals surface area contributed by atoms with Crippen molar-refractivity contribution in [1.29, 1.82) is 0 Å². The van der Waals surface area contributed by atoms with E-state index in [0.29, 0.717) is 45.5 Å². The van der Waals surface area contributed by atoms with Gasteiger partial charge in [0.15, 0.2) is 11.5 Å². The molecule has 1 aliphatic heterocycles. The molecule has 0 fully saturated rings. The monoisotopic (exact) mass is 603 g/mol. The Balaban J connectivity index is 1.50. The Labute approximate surface area is 255 Å². The Morgan fingerprint density at radius 2 is 1.90 bits per heavy atom. The first kappa shape index (κ1) is 29.5. The van der Waals surface area contributed by atoms with Crippen LogP contribution in [0.2, 0.25) is 5.02 Å². The number of anilines is 2. The van der Waals surface area contributed by atoms with E-state index in [2.05, 4.69) is 17.6 Å². The molecular formula is C32H34ClN5O3S. The lowest BCUT2D eigenvalue weighted by molar-refractivity contribution is -0.113. The second-order valence-electron chi connectivity index (χ2n) is 10.1. The first-order valence-corrected chi connectivity index (χ1v) is 15.2. The van der Waals surface area contributed by atoms with E-state index in [1.165, 1.54) is 0 Å². The zero-order valence-corrected chi connectivity index (χ0v) is 25.7. The number of hydrogen-bond donors (Lipinski definition) is 2. The van der Waals surface area contributed by atoms with E-state index in [0.717, 1.165) is 41.0 Å². The molecule has 5 rings (SSSR count). The van der Waals surface area contributed by atoms with E-state index >= 15 is 0 Å². The number of aromatic nitrogens is 3. The SMILES string of the molecule is CCCCSc1nc2n(n1)C(c1ccc(OCc3ccc(Cl)cc3)c(OC)c1)C(C(=O)Nc1cccc(C)c1)=C(C)N2. The van der Waals surface area contributed by atoms with Crippen molar-refractivity contribution in [1.82, 2.24) is 14.8 Å². The molecule has 1 unspecified atom stereocenters. The van der Waals surface area contributed by atoms with Gasteiger partial charge in [-0.3, -0.25) is 4.79 Å². The number of aryl methyl sites for hydroxylation is 1. The van der Waals surface area contributed by atoms with Crippen LogP contribution in [0.15, 0.2) is 83.2 Å². The van der Waals surface area contributed by atoms with E-state index in [1.807, 2.05) is 80.6 Å². The number of halogens is 1. The molecule has 2 heterocycles. The molecule has 0 aliphatic carbocycles. The maximum absolute atomic E-state index is 13.9. The minimum atomic E-state index is -0.543. The fourth-order valence-corrected chi connectivity index (χ4v) is 5.78. The van der Waals surface area contributed by atoms with Gasteiger partial charge in [0, 0.05) is 22.2 Å². The quantitative estimate of drug-likeness (QED) is 0.134. The lowest BCUT2D eigenvalue weighted by Gasteiger charge is -2.29. The van der Waals surface area contributed by atoms with E-state index in [1.54, 1.807) is 23.6 Å². The fourth-order valence-electron chi connectivity index (χ4n) is 4.74. The summed E-state index contributed by atoms with van der Waals surface area (Å²) in [6.07, 6.45) is 2.17. The Morgan fingerprint density at radius 3 is 2.64 bits per heavy atom. The predicted octanol–water partition coefficient (Wildman–Crippen LogP) is 7.65. The van der Waals surface area contributed by atoms with E-state index < -0.39 is 6.04 Å². The number of fused-ring (bicyclic) bond motifs is 1. The van der Waals surface area contributed by atoms with Crippen LogP contribution in [0.4, 0.5) is 11.6 Å². The Hall–Kier alpha value is -3.95. The van der Waals surface area contributed by atoms with Crippen LogP contribution < -0.4 is 20.1 Å². The van der Waals surface area contributed by atoms with Gasteiger partial charge in [0.1, 0.15) is 12.6 Å². The van der Waals surface area contributed by atoms with Gasteiger partial charge in [-0.25, -0.2) is 4.68 Å². The van der Waals surface area contributed by atoms with Crippen molar-refractivity contribution in [3.63, 3.8) is 0 Å². The molecular weight excluding hydrogens is 570 g/mol. The fraction of sp³-hybridized carbons (Fsp3) is 0.281. The minimum Gasteiger partial charge on any atom is -0.493 e. The molecule has 1 aromatic heterocycles. The number of ether oxygens (including phenoxy) is 2. The van der Waals surface area contributed by atoms with Crippen LogP contribution in [0.5, 0.6) is 11.5 Å². The number of hydrogen-bond acceptors (Lipinski definition) is 7. The molecule has 2 N–H and O–H groups in total. The highest BCUT2D eigenvalue weighted by molar-refractivity contribution is 7.99. The number of thioether (sulfide) groups is 1. The van der Waals surface area contributed by atoms with Crippen LogP contribution >= 0.6 is 23.4 Å². The summed E-state index contributed by atoms with van der Waals surface area (Å²) in [6, 6.07) is 20.4. The van der Waals surface area contributed by atoms with Crippen molar-refractivity contribution in [2.45, 2.75) is 51.4 Å². The number of benzene rings is 3. The lowest BCUT2D eigenvalue weighted by Crippen LogP contribution is -2.31. The lowest BCUT2D eigenvalue weighted by atomic mass is 9.94. The summed E-state index contributed by atoms with van der Waals surface area (Å²) in [5.74, 6) is 2.43. The van der Waals surface area contributed by atoms with Gasteiger partial charge in [-0.05, 0) is 73.4 Å². The van der Waals surface area contributed by atoms with Gasteiger partial charge in [0.05, 0.1) is 12.7 Å². The molecule has 4 aromatic rings. The van der Waals surface area contributed by atoms with Gasteiger partial charge in [0.2, 0.25) is 11.1 Å². The maximum Gasteiger partial charge on any atom is 0.255 e. The minimum absolute atomic E-state index is 0.223. The molecule has 1 atom stereocenters. The van der Waals surface area contributed by atoms with Crippen LogP contribution in [-0.4, -0.2) is 33.5 Å². The summed E-state index contributed by atoms with van der Waals surface area (Å²) < 4.78 is 13.6. The van der Waals surface area contributed by atoms with Crippen LogP contribution in [0, 0.1) is 6.92 Å². The number of methoxy groups -OCH3 is 1. The second-order valence-corrected chi connectivity index (χ2v) is 11.6. The Kier molecular flexibility index (Phi) is 9.39. The molecule has 1 aliphatic rings. The number of allylic oxidation sites excluding steroid dienone is 1. The number of nitrogens with zero attached hydrogens (tertiary/aromatic N) is 3. The number of unbranched alkanes of at least 4 members (excludes halogenated alkanes) is 1. The molecule has 0 saturated heterocycles. The molecule has 0 bridgehead atoms. The van der Waals surface area contributed by atoms with Crippen molar-refractivity contribution in [2.24, 2.45) is 0 Å². The first-order chi connectivity index (χ1) is 20.4. The maximum atomic E-state index is 13.9. The molecule has 0 spiro atoms. The zero-order valence-electron chi connectivity index (χ0n) is 24.1. The summed E-state index contributed by atoms with van der Waals surface area (Å²) in [5, 5.41) is 12.6. The first-order valence-electron chi connectivity index (χ1n) is 13.9. The van der Waals surface area contributed by atoms with Crippen molar-refractivity contribution in [2.75, 3.05) is 23.5 Å². The summed E-state index contributed by atoms with van der Waals surface area (Å²) in [5.41, 5.74) is 4.83. The van der Waals surface area contributed by atoms with Crippen LogP contribution in [0.25, 0.3) is 0 Å². The molecule has 8 nitrogen and oxygen atoms in total. The van der Waals surface area contributed by atoms with Crippen molar-refractivity contribution in [3.8, 4) is 11.5 Å². The average Bonchev–Trinajstić information content (AvgIpc) is 3.38. The molecule has 0 radical (unpaired) electrons. The smallest absolute Gasteiger partial charge is 0.255 e. The molecule has 42 heavy (non-hydrogen) atoms. The summed E-state index contributed by atoms with van der Waals surface area (Å²) in [6.45, 7) is 6.40. The highest BCUT2D eigenvalue weighted by atomic mass is 35.5. The van der Waals surface area contributed by atoms with Crippen LogP contribution in [-0.2, 0) is 11.4 Å². The third-order valence-electron chi connectivity index (χ3n) is 6.89. The van der Waals surface area contributed by atoms with E-state index in [-0.39, 0.29) is 5.91 Å². The van der Waals surface area contributed by atoms with Crippen LogP contribution in [0.1, 0.15) is 49.4 Å². The van der Waals surface area contributed by atoms with Gasteiger partial charge in [-0.15, -0.1) is 5.10 Å². The van der Waals surface area contributed by atoms with Crippen molar-refractivity contribution >= 4 is 40.9 Å². The number of nitrogens with one attached hydrogen (secondary N) is 2. The van der Waals surface area contributed by atoms with Gasteiger partial charge in [-0.1, -0.05) is 67.0 Å². The van der Waals surface area contributed by atoms with Crippen LogP contribution in [0.3, 0.4) is 0 Å². The molecule has 0 saturated carbocycles. The van der Waals surface area contributed by atoms with E-state index in [9.17, 15) is 4.79 Å². The molecule has 3 aromatic carbocycles. The molecule has 10 heteroatoms. The largest absolute Gasteiger partial charge is 0.493 e.